The van der Waals surface area contributed by atoms with Crippen LogP contribution in [0.1, 0.15) is 51.9 Å². The summed E-state index contributed by atoms with van der Waals surface area (Å²) in [6, 6.07) is 13.9. The first-order valence-corrected chi connectivity index (χ1v) is 12.3. The fourth-order valence-electron chi connectivity index (χ4n) is 3.95. The molecule has 0 amide bonds. The Morgan fingerprint density at radius 2 is 1.77 bits per heavy atom. The van der Waals surface area contributed by atoms with Gasteiger partial charge < -0.3 is 33.8 Å². The topological polar surface area (TPSA) is 20.0 Å². The van der Waals surface area contributed by atoms with E-state index in [2.05, 4.69) is 82.5 Å². The molecule has 1 aliphatic rings. The summed E-state index contributed by atoms with van der Waals surface area (Å²) < 4.78 is 0. The van der Waals surface area contributed by atoms with Crippen molar-refractivity contribution in [3.63, 3.8) is 0 Å². The smallest absolute Gasteiger partial charge is 0.0905 e. The SMILES string of the molecule is CCCCCCCC(CC=c1ccc2c(c1)Sc1cc(N(C)C)ccc1N=2)[NH+](C)C.[I-]. The lowest BCUT2D eigenvalue weighted by Gasteiger charge is -2.20. The summed E-state index contributed by atoms with van der Waals surface area (Å²) >= 11 is 1.84. The molecule has 170 valence electrons. The highest BCUT2D eigenvalue weighted by Crippen LogP contribution is 2.38. The number of quaternary nitrogens is 1. The van der Waals surface area contributed by atoms with Crippen molar-refractivity contribution in [3.8, 4) is 0 Å². The average Bonchev–Trinajstić information content (AvgIpc) is 2.73. The van der Waals surface area contributed by atoms with Crippen molar-refractivity contribution in [1.82, 2.24) is 0 Å². The van der Waals surface area contributed by atoms with Gasteiger partial charge in [0.25, 0.3) is 0 Å². The van der Waals surface area contributed by atoms with Gasteiger partial charge in [-0.15, -0.1) is 0 Å². The second-order valence-electron chi connectivity index (χ2n) is 8.90. The maximum absolute atomic E-state index is 4.88. The van der Waals surface area contributed by atoms with E-state index in [1.54, 1.807) is 4.90 Å². The van der Waals surface area contributed by atoms with E-state index in [9.17, 15) is 0 Å². The quantitative estimate of drug-likeness (QED) is 0.302. The van der Waals surface area contributed by atoms with Gasteiger partial charge in [0.15, 0.2) is 0 Å². The molecule has 3 nitrogen and oxygen atoms in total. The molecule has 0 aliphatic carbocycles. The summed E-state index contributed by atoms with van der Waals surface area (Å²) in [5.74, 6) is 0. The van der Waals surface area contributed by atoms with E-state index in [1.165, 1.54) is 59.2 Å². The minimum Gasteiger partial charge on any atom is -1.00 e. The van der Waals surface area contributed by atoms with Gasteiger partial charge in [0.2, 0.25) is 0 Å². The van der Waals surface area contributed by atoms with Gasteiger partial charge in [-0.25, -0.2) is 4.99 Å². The molecule has 0 saturated carbocycles. The Balaban J connectivity index is 0.00000341. The van der Waals surface area contributed by atoms with Crippen LogP contribution in [-0.4, -0.2) is 34.2 Å². The molecule has 0 spiro atoms. The summed E-state index contributed by atoms with van der Waals surface area (Å²) in [5.41, 5.74) is 2.30. The molecule has 5 heteroatoms. The highest BCUT2D eigenvalue weighted by Gasteiger charge is 2.14. The minimum atomic E-state index is 0. The number of fused-ring (bicyclic) bond motifs is 2. The summed E-state index contributed by atoms with van der Waals surface area (Å²) in [6.07, 6.45) is 11.7. The summed E-state index contributed by atoms with van der Waals surface area (Å²) in [4.78, 5) is 11.1. The zero-order valence-corrected chi connectivity index (χ0v) is 22.7. The molecule has 0 radical (unpaired) electrons. The fourth-order valence-corrected chi connectivity index (χ4v) is 5.00. The lowest BCUT2D eigenvalue weighted by Crippen LogP contribution is -3.09. The third kappa shape index (κ3) is 7.50. The van der Waals surface area contributed by atoms with Crippen molar-refractivity contribution in [2.75, 3.05) is 33.1 Å². The fraction of sp³-hybridized carbons (Fsp3) is 0.500. The Labute approximate surface area is 210 Å². The molecular weight excluding hydrogens is 513 g/mol. The molecule has 31 heavy (non-hydrogen) atoms. The van der Waals surface area contributed by atoms with Gasteiger partial charge in [-0.2, -0.15) is 0 Å². The molecule has 0 saturated heterocycles. The molecule has 1 N–H and O–H groups in total. The largest absolute Gasteiger partial charge is 1.00 e. The van der Waals surface area contributed by atoms with E-state index >= 15 is 0 Å². The Bertz CT molecular complexity index is 956. The third-order valence-corrected chi connectivity index (χ3v) is 7.11. The van der Waals surface area contributed by atoms with Gasteiger partial charge in [-0.1, -0.05) is 56.5 Å². The molecule has 0 aromatic heterocycles. The molecule has 2 aromatic carbocycles. The third-order valence-electron chi connectivity index (χ3n) is 6.02. The van der Waals surface area contributed by atoms with E-state index in [0.29, 0.717) is 6.04 Å². The molecule has 3 rings (SSSR count). The minimum absolute atomic E-state index is 0. The van der Waals surface area contributed by atoms with Crippen molar-refractivity contribution in [2.45, 2.75) is 67.7 Å². The van der Waals surface area contributed by atoms with E-state index in [4.69, 9.17) is 4.99 Å². The number of unbranched alkanes of at least 4 members (excludes halogenated alkanes) is 4. The van der Waals surface area contributed by atoms with Crippen molar-refractivity contribution in [1.29, 1.82) is 0 Å². The van der Waals surface area contributed by atoms with Gasteiger partial charge in [-0.3, -0.25) is 0 Å². The number of hydrogen-bond acceptors (Lipinski definition) is 3. The van der Waals surface area contributed by atoms with Crippen molar-refractivity contribution in [3.05, 3.63) is 47.0 Å². The zero-order chi connectivity index (χ0) is 21.5. The molecule has 1 aliphatic heterocycles. The average molecular weight is 552 g/mol. The summed E-state index contributed by atoms with van der Waals surface area (Å²) in [5, 5.41) is 2.41. The number of rotatable bonds is 10. The van der Waals surface area contributed by atoms with Crippen LogP contribution in [0.4, 0.5) is 11.4 Å². The van der Waals surface area contributed by atoms with E-state index in [0.717, 1.165) is 17.5 Å². The van der Waals surface area contributed by atoms with Gasteiger partial charge in [0, 0.05) is 36.0 Å². The lowest BCUT2D eigenvalue weighted by atomic mass is 10.0. The van der Waals surface area contributed by atoms with Gasteiger partial charge in [-0.05, 0) is 48.4 Å². The van der Waals surface area contributed by atoms with Gasteiger partial charge in [0.1, 0.15) is 0 Å². The summed E-state index contributed by atoms with van der Waals surface area (Å²) in [7, 11) is 8.76. The predicted octanol–water partition coefficient (Wildman–Crippen LogP) is 1.22. The number of benzene rings is 2. The Hall–Kier alpha value is -1.05. The van der Waals surface area contributed by atoms with Crippen molar-refractivity contribution < 1.29 is 28.9 Å². The summed E-state index contributed by atoms with van der Waals surface area (Å²) in [6.45, 7) is 2.28. The molecule has 0 fully saturated rings. The van der Waals surface area contributed by atoms with Crippen LogP contribution >= 0.6 is 11.8 Å². The number of halogens is 1. The maximum atomic E-state index is 4.88. The first kappa shape index (κ1) is 26.2. The monoisotopic (exact) mass is 551 g/mol. The molecule has 1 atom stereocenters. The second-order valence-corrected chi connectivity index (χ2v) is 9.99. The molecule has 1 unspecified atom stereocenters. The van der Waals surface area contributed by atoms with Crippen LogP contribution in [0.15, 0.2) is 51.2 Å². The zero-order valence-electron chi connectivity index (χ0n) is 19.7. The molecule has 1 heterocycles. The van der Waals surface area contributed by atoms with E-state index < -0.39 is 0 Å². The van der Waals surface area contributed by atoms with Crippen molar-refractivity contribution in [2.24, 2.45) is 4.99 Å². The number of nitrogens with zero attached hydrogens (tertiary/aromatic N) is 2. The first-order valence-electron chi connectivity index (χ1n) is 11.5. The Morgan fingerprint density at radius 3 is 2.48 bits per heavy atom. The van der Waals surface area contributed by atoms with Crippen LogP contribution in [0.3, 0.4) is 0 Å². The molecule has 2 aromatic rings. The van der Waals surface area contributed by atoms with Crippen molar-refractivity contribution >= 4 is 29.2 Å². The highest BCUT2D eigenvalue weighted by molar-refractivity contribution is 7.99. The van der Waals surface area contributed by atoms with E-state index in [1.807, 2.05) is 11.8 Å². The molecule has 0 bridgehead atoms. The van der Waals surface area contributed by atoms with Crippen LogP contribution in [0, 0.1) is 0 Å². The van der Waals surface area contributed by atoms with Crippen LogP contribution in [-0.2, 0) is 0 Å². The van der Waals surface area contributed by atoms with Crippen LogP contribution < -0.4 is 44.4 Å². The highest BCUT2D eigenvalue weighted by atomic mass is 127. The van der Waals surface area contributed by atoms with E-state index in [-0.39, 0.29) is 24.0 Å². The standard InChI is InChI=1S/C26H37N3S.HI/c1-6-7-8-9-10-11-21(28(2)3)14-12-20-13-16-23-25(18-20)30-26-19-22(29(4)5)15-17-24(26)27-23;/h12-13,15-19,21H,6-11,14H2,1-5H3;1H. The van der Waals surface area contributed by atoms with Gasteiger partial charge >= 0.3 is 0 Å². The lowest BCUT2D eigenvalue weighted by molar-refractivity contribution is -0.885. The maximum Gasteiger partial charge on any atom is 0.0905 e. The van der Waals surface area contributed by atoms with Crippen LogP contribution in [0.2, 0.25) is 0 Å². The van der Waals surface area contributed by atoms with Gasteiger partial charge in [0.05, 0.1) is 31.2 Å². The second kappa shape index (κ2) is 12.9. The number of nitrogens with one attached hydrogen (secondary N) is 1. The Morgan fingerprint density at radius 1 is 1.00 bits per heavy atom. The predicted molar refractivity (Wildman–Crippen MR) is 131 cm³/mol. The normalized spacial score (nSPS) is 13.8. The number of anilines is 1. The number of hydrogen-bond donors (Lipinski definition) is 1. The first-order chi connectivity index (χ1) is 14.5. The Kier molecular flexibility index (Phi) is 10.9. The van der Waals surface area contributed by atoms with Crippen LogP contribution in [0.5, 0.6) is 0 Å². The van der Waals surface area contributed by atoms with Crippen LogP contribution in [0.25, 0.3) is 6.08 Å². The molecular formula is C26H38IN3S.